The molecule has 0 radical (unpaired) electrons. The Kier molecular flexibility index (Phi) is 51.8. The highest BCUT2D eigenvalue weighted by Crippen LogP contribution is 2.19. The number of amides is 1. The lowest BCUT2D eigenvalue weighted by Crippen LogP contribution is -2.53. The number of aliphatic hydroxyl groups is 4. The molecule has 0 aliphatic heterocycles. The van der Waals surface area contributed by atoms with E-state index in [1.54, 1.807) is 0 Å². The first-order valence-electron chi connectivity index (χ1n) is 28.7. The number of allylic oxidation sites excluding steroid dienone is 4. The third-order valence-corrected chi connectivity index (χ3v) is 13.7. The summed E-state index contributed by atoms with van der Waals surface area (Å²) in [6.07, 6.45) is 63.9. The van der Waals surface area contributed by atoms with Gasteiger partial charge < -0.3 is 25.7 Å². The van der Waals surface area contributed by atoms with Crippen LogP contribution in [0.25, 0.3) is 0 Å². The van der Waals surface area contributed by atoms with Crippen LogP contribution in [0.15, 0.2) is 24.3 Å². The van der Waals surface area contributed by atoms with Crippen LogP contribution in [0.5, 0.6) is 0 Å². The number of hydrogen-bond acceptors (Lipinski definition) is 5. The van der Waals surface area contributed by atoms with Gasteiger partial charge in [-0.1, -0.05) is 295 Å². The van der Waals surface area contributed by atoms with Crippen LogP contribution < -0.4 is 5.32 Å². The number of carbonyl (C=O) groups is 1. The van der Waals surface area contributed by atoms with Crippen molar-refractivity contribution in [2.24, 2.45) is 0 Å². The Labute approximate surface area is 399 Å². The van der Waals surface area contributed by atoms with Crippen molar-refractivity contribution in [3.05, 3.63) is 24.3 Å². The lowest BCUT2D eigenvalue weighted by atomic mass is 9.99. The molecule has 0 saturated carbocycles. The largest absolute Gasteiger partial charge is 0.394 e. The van der Waals surface area contributed by atoms with Crippen molar-refractivity contribution in [1.82, 2.24) is 5.32 Å². The second-order valence-corrected chi connectivity index (χ2v) is 20.0. The van der Waals surface area contributed by atoms with Crippen LogP contribution in [0.4, 0.5) is 0 Å². The molecule has 0 aliphatic carbocycles. The third kappa shape index (κ3) is 45.9. The molecular weight excluding hydrogens is 791 g/mol. The number of unbranched alkanes of at least 4 members (excludes halogenated alkanes) is 40. The van der Waals surface area contributed by atoms with Crippen LogP contribution in [-0.2, 0) is 4.79 Å². The second-order valence-electron chi connectivity index (χ2n) is 20.0. The summed E-state index contributed by atoms with van der Waals surface area (Å²) in [7, 11) is 0. The van der Waals surface area contributed by atoms with Gasteiger partial charge in [0.1, 0.15) is 12.2 Å². The van der Waals surface area contributed by atoms with Gasteiger partial charge in [0.15, 0.2) is 0 Å². The van der Waals surface area contributed by atoms with Crippen LogP contribution in [0.2, 0.25) is 0 Å². The van der Waals surface area contributed by atoms with Crippen LogP contribution in [-0.4, -0.2) is 57.3 Å². The smallest absolute Gasteiger partial charge is 0.249 e. The van der Waals surface area contributed by atoms with Gasteiger partial charge in [-0.3, -0.25) is 4.79 Å². The van der Waals surface area contributed by atoms with Crippen LogP contribution >= 0.6 is 0 Å². The van der Waals surface area contributed by atoms with Crippen LogP contribution in [0.1, 0.15) is 309 Å². The molecule has 0 heterocycles. The zero-order valence-electron chi connectivity index (χ0n) is 43.0. The van der Waals surface area contributed by atoms with E-state index in [0.29, 0.717) is 12.8 Å². The Morgan fingerprint density at radius 1 is 0.406 bits per heavy atom. The molecule has 0 saturated heterocycles. The minimum atomic E-state index is -1.26. The highest BCUT2D eigenvalue weighted by molar-refractivity contribution is 5.80. The van der Waals surface area contributed by atoms with Crippen molar-refractivity contribution in [2.75, 3.05) is 6.61 Å². The third-order valence-electron chi connectivity index (χ3n) is 13.7. The predicted octanol–water partition coefficient (Wildman–Crippen LogP) is 16.6. The van der Waals surface area contributed by atoms with Crippen molar-refractivity contribution in [3.8, 4) is 0 Å². The molecule has 0 bridgehead atoms. The van der Waals surface area contributed by atoms with E-state index in [2.05, 4.69) is 43.5 Å². The monoisotopic (exact) mass is 904 g/mol. The first-order chi connectivity index (χ1) is 31.5. The van der Waals surface area contributed by atoms with Gasteiger partial charge in [0, 0.05) is 0 Å². The summed E-state index contributed by atoms with van der Waals surface area (Å²) < 4.78 is 0. The van der Waals surface area contributed by atoms with Gasteiger partial charge in [0.2, 0.25) is 5.91 Å². The molecule has 1 amide bonds. The first kappa shape index (κ1) is 62.8. The summed E-state index contributed by atoms with van der Waals surface area (Å²) in [6.45, 7) is 3.99. The molecule has 0 spiro atoms. The minimum Gasteiger partial charge on any atom is -0.394 e. The van der Waals surface area contributed by atoms with Crippen LogP contribution in [0, 0.1) is 0 Å². The fraction of sp³-hybridized carbons (Fsp3) is 0.914. The Hall–Kier alpha value is -1.21. The summed E-state index contributed by atoms with van der Waals surface area (Å²) in [5.74, 6) is -0.580. The second kappa shape index (κ2) is 52.8. The molecular formula is C58H113NO5. The number of carbonyl (C=O) groups excluding carboxylic acids is 1. The molecule has 0 aromatic carbocycles. The van der Waals surface area contributed by atoms with Crippen molar-refractivity contribution in [2.45, 2.75) is 334 Å². The van der Waals surface area contributed by atoms with Crippen molar-refractivity contribution >= 4 is 5.91 Å². The van der Waals surface area contributed by atoms with Gasteiger partial charge in [-0.15, -0.1) is 0 Å². The van der Waals surface area contributed by atoms with Crippen LogP contribution in [0.3, 0.4) is 0 Å². The summed E-state index contributed by atoms with van der Waals surface area (Å²) >= 11 is 0. The van der Waals surface area contributed by atoms with E-state index in [9.17, 15) is 25.2 Å². The van der Waals surface area contributed by atoms with Gasteiger partial charge >= 0.3 is 0 Å². The molecule has 64 heavy (non-hydrogen) atoms. The fourth-order valence-corrected chi connectivity index (χ4v) is 9.21. The minimum absolute atomic E-state index is 0.370. The van der Waals surface area contributed by atoms with E-state index < -0.39 is 36.9 Å². The van der Waals surface area contributed by atoms with Crippen molar-refractivity contribution < 1.29 is 25.2 Å². The molecule has 5 N–H and O–H groups in total. The molecule has 0 fully saturated rings. The fourth-order valence-electron chi connectivity index (χ4n) is 9.21. The summed E-state index contributed by atoms with van der Waals surface area (Å²) in [6, 6.07) is -0.985. The molecule has 0 aromatic heterocycles. The van der Waals surface area contributed by atoms with Crippen molar-refractivity contribution in [3.63, 3.8) is 0 Å². The Morgan fingerprint density at radius 3 is 1.06 bits per heavy atom. The quantitative estimate of drug-likeness (QED) is 0.0308. The molecule has 4 unspecified atom stereocenters. The van der Waals surface area contributed by atoms with Gasteiger partial charge in [0.25, 0.3) is 0 Å². The zero-order valence-corrected chi connectivity index (χ0v) is 43.0. The Morgan fingerprint density at radius 2 is 0.719 bits per heavy atom. The number of hydrogen-bond donors (Lipinski definition) is 5. The highest BCUT2D eigenvalue weighted by atomic mass is 16.3. The van der Waals surface area contributed by atoms with Gasteiger partial charge in [-0.25, -0.2) is 0 Å². The van der Waals surface area contributed by atoms with Gasteiger partial charge in [-0.2, -0.15) is 0 Å². The standard InChI is InChI=1S/C58H113NO5/c1-3-5-7-9-11-13-15-17-19-21-23-25-26-27-28-29-30-31-32-34-35-37-39-41-43-45-47-49-51-55(61)57(63)54(53-60)59-58(64)56(62)52-50-48-46-44-42-40-38-36-33-24-22-20-18-16-14-12-10-8-6-4-2/h6,8,12,14,54-57,60-63H,3-5,7,9-11,13,15-53H2,1-2H3,(H,59,64)/b8-6-,14-12-. The predicted molar refractivity (Wildman–Crippen MR) is 279 cm³/mol. The normalized spacial score (nSPS) is 13.9. The van der Waals surface area contributed by atoms with Gasteiger partial charge in [-0.05, 0) is 38.5 Å². The van der Waals surface area contributed by atoms with Gasteiger partial charge in [0.05, 0.1) is 18.8 Å². The molecule has 0 rings (SSSR count). The molecule has 6 heteroatoms. The molecule has 4 atom stereocenters. The lowest BCUT2D eigenvalue weighted by molar-refractivity contribution is -0.132. The summed E-state index contributed by atoms with van der Waals surface area (Å²) in [5, 5.41) is 44.0. The maximum absolute atomic E-state index is 12.6. The van der Waals surface area contributed by atoms with E-state index >= 15 is 0 Å². The molecule has 0 aromatic rings. The van der Waals surface area contributed by atoms with E-state index in [1.807, 2.05) is 0 Å². The lowest BCUT2D eigenvalue weighted by Gasteiger charge is -2.27. The SMILES string of the molecule is CC/C=C\C/C=C\CCCCCCCCCCCCCCCC(O)C(=O)NC(CO)C(O)C(O)CCCCCCCCCCCCCCCCCCCCCCCCCCCCCC. The Bertz CT molecular complexity index is 970. The maximum Gasteiger partial charge on any atom is 0.249 e. The Balaban J connectivity index is 3.58. The topological polar surface area (TPSA) is 110 Å². The number of nitrogens with one attached hydrogen (secondary N) is 1. The van der Waals surface area contributed by atoms with Crippen molar-refractivity contribution in [1.29, 1.82) is 0 Å². The average Bonchev–Trinajstić information content (AvgIpc) is 3.30. The first-order valence-corrected chi connectivity index (χ1v) is 28.7. The summed E-state index contributed by atoms with van der Waals surface area (Å²) in [5.41, 5.74) is 0. The molecule has 380 valence electrons. The summed E-state index contributed by atoms with van der Waals surface area (Å²) in [4.78, 5) is 12.6. The van der Waals surface area contributed by atoms with E-state index in [-0.39, 0.29) is 0 Å². The van der Waals surface area contributed by atoms with E-state index in [1.165, 1.54) is 231 Å². The number of rotatable bonds is 53. The zero-order chi connectivity index (χ0) is 46.7. The average molecular weight is 905 g/mol. The maximum atomic E-state index is 12.6. The van der Waals surface area contributed by atoms with E-state index in [4.69, 9.17) is 0 Å². The molecule has 6 nitrogen and oxygen atoms in total. The highest BCUT2D eigenvalue weighted by Gasteiger charge is 2.28. The molecule has 0 aliphatic rings. The van der Waals surface area contributed by atoms with E-state index in [0.717, 1.165) is 51.4 Å². The number of aliphatic hydroxyl groups excluding tert-OH is 4.